The van der Waals surface area contributed by atoms with Crippen molar-refractivity contribution in [3.8, 4) is 0 Å². The average molecular weight is 461 g/mol. The number of nitrogens with zero attached hydrogens (tertiary/aromatic N) is 4. The van der Waals surface area contributed by atoms with E-state index in [-0.39, 0.29) is 24.4 Å². The zero-order valence-corrected chi connectivity index (χ0v) is 21.0. The number of halogens is 1. The molecule has 1 aromatic carbocycles. The van der Waals surface area contributed by atoms with Gasteiger partial charge in [-0.25, -0.2) is 4.79 Å². The third kappa shape index (κ3) is 7.59. The maximum absolute atomic E-state index is 13.3. The molecule has 1 heterocycles. The number of hydrogen-bond acceptors (Lipinski definition) is 2. The van der Waals surface area contributed by atoms with Crippen LogP contribution in [0.5, 0.6) is 0 Å². The zero-order valence-electron chi connectivity index (χ0n) is 20.2. The maximum Gasteiger partial charge on any atom is 0.319 e. The van der Waals surface area contributed by atoms with E-state index in [2.05, 4.69) is 18.4 Å². The number of rotatable bonds is 10. The number of amides is 3. The average Bonchev–Trinajstić information content (AvgIpc) is 3.14. The van der Waals surface area contributed by atoms with E-state index in [4.69, 9.17) is 11.6 Å². The van der Waals surface area contributed by atoms with Crippen LogP contribution in [0.3, 0.4) is 0 Å². The molecular weight excluding hydrogens is 424 g/mol. The number of benzene rings is 1. The summed E-state index contributed by atoms with van der Waals surface area (Å²) in [7, 11) is 3.43. The number of hydrogen-bond donors (Lipinski definition) is 0. The molecule has 0 fully saturated rings. The van der Waals surface area contributed by atoms with Crippen molar-refractivity contribution in [2.45, 2.75) is 40.8 Å². The van der Waals surface area contributed by atoms with Gasteiger partial charge in [0.05, 0.1) is 6.54 Å². The van der Waals surface area contributed by atoms with E-state index in [9.17, 15) is 9.59 Å². The molecule has 1 aromatic heterocycles. The van der Waals surface area contributed by atoms with Crippen LogP contribution in [-0.2, 0) is 17.9 Å². The van der Waals surface area contributed by atoms with Gasteiger partial charge in [0.2, 0.25) is 5.91 Å². The van der Waals surface area contributed by atoms with Crippen LogP contribution in [0.4, 0.5) is 4.79 Å². The van der Waals surface area contributed by atoms with Crippen LogP contribution < -0.4 is 0 Å². The Morgan fingerprint density at radius 1 is 0.938 bits per heavy atom. The molecule has 0 unspecified atom stereocenters. The smallest absolute Gasteiger partial charge is 0.319 e. The Hall–Kier alpha value is -2.47. The fourth-order valence-corrected chi connectivity index (χ4v) is 3.84. The van der Waals surface area contributed by atoms with E-state index < -0.39 is 0 Å². The second-order valence-electron chi connectivity index (χ2n) is 9.34. The summed E-state index contributed by atoms with van der Waals surface area (Å²) in [4.78, 5) is 31.0. The molecule has 6 nitrogen and oxygen atoms in total. The summed E-state index contributed by atoms with van der Waals surface area (Å²) >= 11 is 6.35. The third-order valence-electron chi connectivity index (χ3n) is 5.08. The van der Waals surface area contributed by atoms with Gasteiger partial charge in [-0.15, -0.1) is 0 Å². The first-order valence-electron chi connectivity index (χ1n) is 11.2. The molecule has 0 radical (unpaired) electrons. The Morgan fingerprint density at radius 2 is 1.56 bits per heavy atom. The van der Waals surface area contributed by atoms with Gasteiger partial charge in [-0.3, -0.25) is 4.79 Å². The van der Waals surface area contributed by atoms with E-state index in [1.165, 1.54) is 4.90 Å². The Labute approximate surface area is 197 Å². The first-order valence-corrected chi connectivity index (χ1v) is 11.6. The summed E-state index contributed by atoms with van der Waals surface area (Å²) in [5.74, 6) is 0.548. The first-order chi connectivity index (χ1) is 15.1. The van der Waals surface area contributed by atoms with Crippen LogP contribution in [0.1, 0.15) is 39.0 Å². The highest BCUT2D eigenvalue weighted by Crippen LogP contribution is 2.18. The van der Waals surface area contributed by atoms with Crippen LogP contribution in [0, 0.1) is 11.8 Å². The summed E-state index contributed by atoms with van der Waals surface area (Å²) in [6.45, 7) is 10.7. The third-order valence-corrected chi connectivity index (χ3v) is 5.45. The molecule has 2 rings (SSSR count). The van der Waals surface area contributed by atoms with Gasteiger partial charge in [0.25, 0.3) is 0 Å². The van der Waals surface area contributed by atoms with Gasteiger partial charge in [-0.2, -0.15) is 0 Å². The summed E-state index contributed by atoms with van der Waals surface area (Å²) in [6, 6.07) is 11.7. The summed E-state index contributed by atoms with van der Waals surface area (Å²) in [5.41, 5.74) is 2.07. The van der Waals surface area contributed by atoms with Gasteiger partial charge in [-0.1, -0.05) is 57.5 Å². The molecule has 7 heteroatoms. The van der Waals surface area contributed by atoms with Gasteiger partial charge >= 0.3 is 6.03 Å². The van der Waals surface area contributed by atoms with Gasteiger partial charge in [0, 0.05) is 50.6 Å². The van der Waals surface area contributed by atoms with Crippen LogP contribution in [0.15, 0.2) is 42.6 Å². The fraction of sp³-hybridized carbons (Fsp3) is 0.520. The minimum absolute atomic E-state index is 0.0416. The molecule has 0 bridgehead atoms. The van der Waals surface area contributed by atoms with Gasteiger partial charge in [0.1, 0.15) is 6.54 Å². The van der Waals surface area contributed by atoms with Crippen molar-refractivity contribution in [1.29, 1.82) is 0 Å². The number of carbonyl (C=O) groups is 2. The fourth-order valence-electron chi connectivity index (χ4n) is 3.65. The maximum atomic E-state index is 13.3. The van der Waals surface area contributed by atoms with Crippen molar-refractivity contribution in [2.75, 3.05) is 33.7 Å². The molecule has 0 saturated carbocycles. The molecule has 3 amide bonds. The quantitative estimate of drug-likeness (QED) is 0.510. The van der Waals surface area contributed by atoms with Gasteiger partial charge < -0.3 is 19.3 Å². The molecule has 0 N–H and O–H groups in total. The normalized spacial score (nSPS) is 11.2. The minimum atomic E-state index is -0.140. The zero-order chi connectivity index (χ0) is 23.8. The van der Waals surface area contributed by atoms with Crippen molar-refractivity contribution < 1.29 is 9.59 Å². The lowest BCUT2D eigenvalue weighted by Crippen LogP contribution is -2.48. The Bertz CT molecular complexity index is 892. The van der Waals surface area contributed by atoms with Crippen LogP contribution >= 0.6 is 11.6 Å². The Kier molecular flexibility index (Phi) is 9.63. The lowest BCUT2D eigenvalue weighted by atomic mass is 10.2. The summed E-state index contributed by atoms with van der Waals surface area (Å²) < 4.78 is 2.12. The molecule has 0 saturated heterocycles. The van der Waals surface area contributed by atoms with Crippen LogP contribution in [0.25, 0.3) is 0 Å². The molecule has 0 aliphatic carbocycles. The highest BCUT2D eigenvalue weighted by Gasteiger charge is 2.24. The SMILES string of the molecule is CC(C)CN(Cc1cccn1Cc1ccccc1Cl)C(=O)CN(CC(C)C)C(=O)N(C)C. The van der Waals surface area contributed by atoms with Gasteiger partial charge in [-0.05, 0) is 35.6 Å². The van der Waals surface area contributed by atoms with Crippen molar-refractivity contribution in [3.63, 3.8) is 0 Å². The lowest BCUT2D eigenvalue weighted by molar-refractivity contribution is -0.133. The predicted molar refractivity (Wildman–Crippen MR) is 131 cm³/mol. The van der Waals surface area contributed by atoms with E-state index in [1.807, 2.05) is 61.3 Å². The van der Waals surface area contributed by atoms with Crippen molar-refractivity contribution in [2.24, 2.45) is 11.8 Å². The monoisotopic (exact) mass is 460 g/mol. The van der Waals surface area contributed by atoms with Crippen LogP contribution in [0.2, 0.25) is 5.02 Å². The van der Waals surface area contributed by atoms with Gasteiger partial charge in [0.15, 0.2) is 0 Å². The first kappa shape index (κ1) is 25.8. The van der Waals surface area contributed by atoms with Crippen molar-refractivity contribution in [1.82, 2.24) is 19.3 Å². The molecule has 176 valence electrons. The highest BCUT2D eigenvalue weighted by molar-refractivity contribution is 6.31. The lowest BCUT2D eigenvalue weighted by Gasteiger charge is -2.31. The van der Waals surface area contributed by atoms with E-state index >= 15 is 0 Å². The Morgan fingerprint density at radius 3 is 2.16 bits per heavy atom. The second kappa shape index (κ2) is 12.0. The van der Waals surface area contributed by atoms with Crippen molar-refractivity contribution in [3.05, 3.63) is 58.9 Å². The summed E-state index contributed by atoms with van der Waals surface area (Å²) in [6.07, 6.45) is 2.01. The molecule has 32 heavy (non-hydrogen) atoms. The van der Waals surface area contributed by atoms with E-state index in [0.29, 0.717) is 32.1 Å². The number of aromatic nitrogens is 1. The Balaban J connectivity index is 2.20. The number of carbonyl (C=O) groups excluding carboxylic acids is 2. The van der Waals surface area contributed by atoms with E-state index in [0.717, 1.165) is 16.3 Å². The molecular formula is C25H37ClN4O2. The molecule has 0 aliphatic rings. The highest BCUT2D eigenvalue weighted by atomic mass is 35.5. The topological polar surface area (TPSA) is 48.8 Å². The standard InChI is InChI=1S/C25H37ClN4O2/c1-19(2)14-29(24(31)18-30(15-20(3)4)25(32)27(5)6)17-22-11-9-13-28(22)16-21-10-7-8-12-23(21)26/h7-13,19-20H,14-18H2,1-6H3. The molecule has 2 aromatic rings. The van der Waals surface area contributed by atoms with Crippen molar-refractivity contribution >= 4 is 23.5 Å². The largest absolute Gasteiger partial charge is 0.345 e. The predicted octanol–water partition coefficient (Wildman–Crippen LogP) is 4.81. The number of urea groups is 1. The van der Waals surface area contributed by atoms with E-state index in [1.54, 1.807) is 19.0 Å². The summed E-state index contributed by atoms with van der Waals surface area (Å²) in [5, 5.41) is 0.730. The molecule has 0 atom stereocenters. The van der Waals surface area contributed by atoms with Crippen LogP contribution in [-0.4, -0.2) is 64.9 Å². The molecule has 0 spiro atoms. The second-order valence-corrected chi connectivity index (χ2v) is 9.75. The minimum Gasteiger partial charge on any atom is -0.345 e. The molecule has 0 aliphatic heterocycles.